The van der Waals surface area contributed by atoms with E-state index in [4.69, 9.17) is 10.5 Å². The number of aromatic nitrogens is 2. The lowest BCUT2D eigenvalue weighted by molar-refractivity contribution is 0.124. The Kier molecular flexibility index (Phi) is 4.09. The molecule has 0 saturated carbocycles. The van der Waals surface area contributed by atoms with E-state index in [0.29, 0.717) is 24.4 Å². The molecule has 0 spiro atoms. The van der Waals surface area contributed by atoms with Gasteiger partial charge < -0.3 is 15.4 Å². The minimum Gasteiger partial charge on any atom is -0.467 e. The van der Waals surface area contributed by atoms with Gasteiger partial charge in [-0.05, 0) is 26.4 Å². The fourth-order valence-corrected chi connectivity index (χ4v) is 2.48. The van der Waals surface area contributed by atoms with Gasteiger partial charge in [0.15, 0.2) is 0 Å². The summed E-state index contributed by atoms with van der Waals surface area (Å²) in [6.07, 6.45) is 3.80. The first kappa shape index (κ1) is 11.8. The fraction of sp³-hybridized carbons (Fsp3) is 0.800. The largest absolute Gasteiger partial charge is 0.467 e. The lowest BCUT2D eigenvalue weighted by Gasteiger charge is -2.31. The summed E-state index contributed by atoms with van der Waals surface area (Å²) in [6, 6.07) is 0.513. The molecule has 0 bridgehead atoms. The van der Waals surface area contributed by atoms with Crippen molar-refractivity contribution in [3.05, 3.63) is 5.01 Å². The van der Waals surface area contributed by atoms with Gasteiger partial charge in [0.05, 0.1) is 0 Å². The van der Waals surface area contributed by atoms with Crippen LogP contribution in [0, 0.1) is 0 Å². The molecular weight excluding hydrogens is 224 g/mol. The molecule has 2 heterocycles. The predicted molar refractivity (Wildman–Crippen MR) is 63.6 cm³/mol. The molecule has 1 aliphatic rings. The summed E-state index contributed by atoms with van der Waals surface area (Å²) in [5.74, 6) is 0. The molecule has 2 N–H and O–H groups in total. The van der Waals surface area contributed by atoms with Crippen LogP contribution in [-0.2, 0) is 6.54 Å². The monoisotopic (exact) mass is 242 g/mol. The van der Waals surface area contributed by atoms with Crippen molar-refractivity contribution in [3.8, 4) is 5.19 Å². The van der Waals surface area contributed by atoms with E-state index in [2.05, 4.69) is 22.1 Å². The number of ether oxygens (including phenoxy) is 1. The topological polar surface area (TPSA) is 64.3 Å². The van der Waals surface area contributed by atoms with Crippen LogP contribution < -0.4 is 10.5 Å². The van der Waals surface area contributed by atoms with Gasteiger partial charge in [-0.25, -0.2) is 0 Å². The molecule has 1 aromatic heterocycles. The van der Waals surface area contributed by atoms with E-state index in [9.17, 15) is 0 Å². The standard InChI is InChI=1S/C10H18N4OS/c1-14-5-3-2-4-8(14)7-15-10-13-12-9(6-11)16-10/h8H,2-7,11H2,1H3. The van der Waals surface area contributed by atoms with E-state index in [1.807, 2.05) is 0 Å². The predicted octanol–water partition coefficient (Wildman–Crippen LogP) is 0.860. The molecule has 0 aliphatic carbocycles. The van der Waals surface area contributed by atoms with Gasteiger partial charge in [-0.3, -0.25) is 0 Å². The van der Waals surface area contributed by atoms with Gasteiger partial charge in [0.25, 0.3) is 5.19 Å². The van der Waals surface area contributed by atoms with Crippen LogP contribution in [0.5, 0.6) is 5.19 Å². The lowest BCUT2D eigenvalue weighted by Crippen LogP contribution is -2.40. The first-order chi connectivity index (χ1) is 7.79. The van der Waals surface area contributed by atoms with Crippen LogP contribution in [0.1, 0.15) is 24.3 Å². The van der Waals surface area contributed by atoms with Gasteiger partial charge in [-0.1, -0.05) is 17.8 Å². The Morgan fingerprint density at radius 1 is 1.50 bits per heavy atom. The molecule has 1 atom stereocenters. The summed E-state index contributed by atoms with van der Waals surface area (Å²) in [5, 5.41) is 9.33. The second-order valence-corrected chi connectivity index (χ2v) is 5.13. The minimum absolute atomic E-state index is 0.435. The van der Waals surface area contributed by atoms with Gasteiger partial charge in [0.2, 0.25) is 0 Å². The number of hydrogen-bond donors (Lipinski definition) is 1. The number of likely N-dealkylation sites (tertiary alicyclic amines) is 1. The second kappa shape index (κ2) is 5.56. The Hall–Kier alpha value is -0.720. The van der Waals surface area contributed by atoms with E-state index in [1.165, 1.54) is 30.6 Å². The first-order valence-corrected chi connectivity index (χ1v) is 6.46. The Morgan fingerprint density at radius 3 is 3.06 bits per heavy atom. The molecule has 1 saturated heterocycles. The Bertz CT molecular complexity index is 330. The Morgan fingerprint density at radius 2 is 2.38 bits per heavy atom. The van der Waals surface area contributed by atoms with Crippen LogP contribution in [-0.4, -0.2) is 41.3 Å². The zero-order chi connectivity index (χ0) is 11.4. The van der Waals surface area contributed by atoms with Crippen molar-refractivity contribution >= 4 is 11.3 Å². The van der Waals surface area contributed by atoms with Crippen LogP contribution >= 0.6 is 11.3 Å². The number of rotatable bonds is 4. The van der Waals surface area contributed by atoms with Gasteiger partial charge in [0, 0.05) is 12.6 Å². The molecule has 1 unspecified atom stereocenters. The van der Waals surface area contributed by atoms with Crippen molar-refractivity contribution in [3.63, 3.8) is 0 Å². The van der Waals surface area contributed by atoms with Gasteiger partial charge in [0.1, 0.15) is 11.6 Å². The number of nitrogens with two attached hydrogens (primary N) is 1. The molecule has 5 nitrogen and oxygen atoms in total. The van der Waals surface area contributed by atoms with Crippen molar-refractivity contribution in [2.45, 2.75) is 31.8 Å². The summed E-state index contributed by atoms with van der Waals surface area (Å²) in [6.45, 7) is 2.30. The highest BCUT2D eigenvalue weighted by molar-refractivity contribution is 7.13. The van der Waals surface area contributed by atoms with Crippen LogP contribution in [0.4, 0.5) is 0 Å². The highest BCUT2D eigenvalue weighted by Crippen LogP contribution is 2.20. The van der Waals surface area contributed by atoms with E-state index in [1.54, 1.807) is 0 Å². The maximum atomic E-state index is 5.65. The zero-order valence-corrected chi connectivity index (χ0v) is 10.4. The van der Waals surface area contributed by atoms with Crippen LogP contribution in [0.15, 0.2) is 0 Å². The average molecular weight is 242 g/mol. The van der Waals surface area contributed by atoms with E-state index in [-0.39, 0.29) is 0 Å². The molecule has 1 aliphatic heterocycles. The highest BCUT2D eigenvalue weighted by Gasteiger charge is 2.19. The molecule has 2 rings (SSSR count). The Balaban J connectivity index is 1.81. The second-order valence-electron chi connectivity index (χ2n) is 4.11. The third-order valence-corrected chi connectivity index (χ3v) is 3.80. The molecule has 0 aromatic carbocycles. The molecule has 0 amide bonds. The van der Waals surface area contributed by atoms with E-state index < -0.39 is 0 Å². The molecule has 90 valence electrons. The minimum atomic E-state index is 0.435. The summed E-state index contributed by atoms with van der Waals surface area (Å²) < 4.78 is 5.65. The quantitative estimate of drug-likeness (QED) is 0.848. The third-order valence-electron chi connectivity index (χ3n) is 2.94. The maximum Gasteiger partial charge on any atom is 0.294 e. The summed E-state index contributed by atoms with van der Waals surface area (Å²) >= 11 is 1.43. The summed E-state index contributed by atoms with van der Waals surface area (Å²) in [7, 11) is 2.15. The smallest absolute Gasteiger partial charge is 0.294 e. The van der Waals surface area contributed by atoms with E-state index >= 15 is 0 Å². The molecule has 16 heavy (non-hydrogen) atoms. The van der Waals surface area contributed by atoms with Crippen molar-refractivity contribution in [2.24, 2.45) is 5.73 Å². The molecule has 6 heteroatoms. The SMILES string of the molecule is CN1CCCCC1COc1nnc(CN)s1. The molecule has 0 radical (unpaired) electrons. The first-order valence-electron chi connectivity index (χ1n) is 5.65. The Labute approximate surface area is 99.6 Å². The average Bonchev–Trinajstić information content (AvgIpc) is 2.76. The zero-order valence-electron chi connectivity index (χ0n) is 9.56. The van der Waals surface area contributed by atoms with Crippen LogP contribution in [0.25, 0.3) is 0 Å². The maximum absolute atomic E-state index is 5.65. The van der Waals surface area contributed by atoms with Crippen molar-refractivity contribution < 1.29 is 4.74 Å². The molecular formula is C10H18N4OS. The number of likely N-dealkylation sites (N-methyl/N-ethyl adjacent to an activating group) is 1. The summed E-state index contributed by atoms with van der Waals surface area (Å²) in [5.41, 5.74) is 5.47. The summed E-state index contributed by atoms with van der Waals surface area (Å²) in [4.78, 5) is 2.36. The number of piperidine rings is 1. The molecule has 1 aromatic rings. The third kappa shape index (κ3) is 2.90. The van der Waals surface area contributed by atoms with Gasteiger partial charge in [-0.2, -0.15) is 0 Å². The van der Waals surface area contributed by atoms with Gasteiger partial charge in [-0.15, -0.1) is 10.2 Å². The fourth-order valence-electron chi connectivity index (χ4n) is 1.90. The number of hydrogen-bond acceptors (Lipinski definition) is 6. The van der Waals surface area contributed by atoms with Crippen LogP contribution in [0.2, 0.25) is 0 Å². The lowest BCUT2D eigenvalue weighted by atomic mass is 10.0. The highest BCUT2D eigenvalue weighted by atomic mass is 32.1. The van der Waals surface area contributed by atoms with Crippen molar-refractivity contribution in [1.82, 2.24) is 15.1 Å². The normalized spacial score (nSPS) is 22.2. The number of nitrogens with zero attached hydrogens (tertiary/aromatic N) is 3. The van der Waals surface area contributed by atoms with Crippen LogP contribution in [0.3, 0.4) is 0 Å². The van der Waals surface area contributed by atoms with Gasteiger partial charge >= 0.3 is 0 Å². The van der Waals surface area contributed by atoms with Crippen molar-refractivity contribution in [1.29, 1.82) is 0 Å². The van der Waals surface area contributed by atoms with Crippen molar-refractivity contribution in [2.75, 3.05) is 20.2 Å². The van der Waals surface area contributed by atoms with E-state index in [0.717, 1.165) is 11.6 Å². The molecule has 1 fully saturated rings.